The van der Waals surface area contributed by atoms with E-state index in [4.69, 9.17) is 21.7 Å². The molecule has 2 saturated heterocycles. The van der Waals surface area contributed by atoms with Gasteiger partial charge in [-0.3, -0.25) is 14.5 Å². The lowest BCUT2D eigenvalue weighted by molar-refractivity contribution is -0.134. The summed E-state index contributed by atoms with van der Waals surface area (Å²) in [6, 6.07) is 5.41. The van der Waals surface area contributed by atoms with Crippen molar-refractivity contribution in [2.45, 2.75) is 12.8 Å². The number of carbonyl (C=O) groups excluding carboxylic acids is 2. The fourth-order valence-corrected chi connectivity index (χ4v) is 4.19. The second-order valence-corrected chi connectivity index (χ2v) is 7.65. The van der Waals surface area contributed by atoms with Crippen LogP contribution in [0.1, 0.15) is 18.4 Å². The zero-order chi connectivity index (χ0) is 18.7. The maximum Gasteiger partial charge on any atom is 0.266 e. The first kappa shape index (κ1) is 18.7. The van der Waals surface area contributed by atoms with Crippen LogP contribution in [-0.2, 0) is 9.59 Å². The number of hydrogen-bond donors (Lipinski definition) is 0. The molecule has 138 valence electrons. The van der Waals surface area contributed by atoms with E-state index in [9.17, 15) is 9.59 Å². The fraction of sp³-hybridized carbons (Fsp3) is 0.389. The van der Waals surface area contributed by atoms with Crippen molar-refractivity contribution in [2.75, 3.05) is 33.9 Å². The van der Waals surface area contributed by atoms with Crippen molar-refractivity contribution in [1.82, 2.24) is 9.80 Å². The molecular formula is C18H20N2O4S2. The zero-order valence-electron chi connectivity index (χ0n) is 14.7. The SMILES string of the molecule is COc1ccc(/C=C2\SC(=S)N(CC(=O)N3CCCC3)C2=O)cc1OC. The van der Waals surface area contributed by atoms with E-state index in [0.717, 1.165) is 31.5 Å². The van der Waals surface area contributed by atoms with Gasteiger partial charge in [-0.15, -0.1) is 0 Å². The van der Waals surface area contributed by atoms with Crippen LogP contribution in [0, 0.1) is 0 Å². The van der Waals surface area contributed by atoms with Gasteiger partial charge in [-0.2, -0.15) is 0 Å². The van der Waals surface area contributed by atoms with Crippen LogP contribution in [0.15, 0.2) is 23.1 Å². The second kappa shape index (κ2) is 8.09. The molecule has 2 aliphatic heterocycles. The predicted octanol–water partition coefficient (Wildman–Crippen LogP) is 2.53. The molecule has 1 aromatic rings. The summed E-state index contributed by atoms with van der Waals surface area (Å²) in [5.41, 5.74) is 0.800. The Hall–Kier alpha value is -2.06. The monoisotopic (exact) mass is 392 g/mol. The van der Waals surface area contributed by atoms with E-state index in [1.165, 1.54) is 16.7 Å². The largest absolute Gasteiger partial charge is 0.493 e. The minimum absolute atomic E-state index is 0.00788. The van der Waals surface area contributed by atoms with E-state index >= 15 is 0 Å². The summed E-state index contributed by atoms with van der Waals surface area (Å²) in [5, 5.41) is 0. The molecule has 3 rings (SSSR count). The highest BCUT2D eigenvalue weighted by Gasteiger charge is 2.34. The molecule has 1 aromatic carbocycles. The maximum atomic E-state index is 12.7. The Bertz CT molecular complexity index is 772. The third-order valence-corrected chi connectivity index (χ3v) is 5.71. The van der Waals surface area contributed by atoms with Crippen LogP contribution < -0.4 is 9.47 Å². The summed E-state index contributed by atoms with van der Waals surface area (Å²) in [6.07, 6.45) is 3.79. The third kappa shape index (κ3) is 3.86. The number of thiocarbonyl (C=S) groups is 1. The molecule has 2 fully saturated rings. The topological polar surface area (TPSA) is 59.1 Å². The lowest BCUT2D eigenvalue weighted by Crippen LogP contribution is -2.40. The summed E-state index contributed by atoms with van der Waals surface area (Å²) >= 11 is 6.51. The lowest BCUT2D eigenvalue weighted by atomic mass is 10.2. The molecule has 0 aromatic heterocycles. The van der Waals surface area contributed by atoms with Gasteiger partial charge in [0, 0.05) is 13.1 Å². The maximum absolute atomic E-state index is 12.7. The Morgan fingerprint density at radius 2 is 1.92 bits per heavy atom. The Kier molecular flexibility index (Phi) is 5.83. The van der Waals surface area contributed by atoms with Gasteiger partial charge < -0.3 is 14.4 Å². The van der Waals surface area contributed by atoms with E-state index in [1.807, 2.05) is 6.07 Å². The number of nitrogens with zero attached hydrogens (tertiary/aromatic N) is 2. The summed E-state index contributed by atoms with van der Waals surface area (Å²) in [5.74, 6) is 0.919. The van der Waals surface area contributed by atoms with Gasteiger partial charge in [0.25, 0.3) is 5.91 Å². The number of carbonyl (C=O) groups is 2. The first-order chi connectivity index (χ1) is 12.5. The van der Waals surface area contributed by atoms with E-state index in [0.29, 0.717) is 20.7 Å². The van der Waals surface area contributed by atoms with Crippen LogP contribution >= 0.6 is 24.0 Å². The second-order valence-electron chi connectivity index (χ2n) is 5.97. The molecule has 8 heteroatoms. The summed E-state index contributed by atoms with van der Waals surface area (Å²) in [4.78, 5) is 28.7. The highest BCUT2D eigenvalue weighted by atomic mass is 32.2. The highest BCUT2D eigenvalue weighted by Crippen LogP contribution is 2.34. The van der Waals surface area contributed by atoms with Crippen molar-refractivity contribution >= 4 is 46.2 Å². The Balaban J connectivity index is 1.75. The summed E-state index contributed by atoms with van der Waals surface area (Å²) < 4.78 is 10.9. The Morgan fingerprint density at radius 1 is 1.23 bits per heavy atom. The molecule has 0 N–H and O–H groups in total. The van der Waals surface area contributed by atoms with Gasteiger partial charge in [0.1, 0.15) is 10.9 Å². The fourth-order valence-electron chi connectivity index (χ4n) is 2.93. The van der Waals surface area contributed by atoms with Crippen LogP contribution in [-0.4, -0.2) is 59.8 Å². The van der Waals surface area contributed by atoms with E-state index in [2.05, 4.69) is 0 Å². The average molecular weight is 393 g/mol. The van der Waals surface area contributed by atoms with Crippen molar-refractivity contribution < 1.29 is 19.1 Å². The standard InChI is InChI=1S/C18H20N2O4S2/c1-23-13-6-5-12(9-14(13)24-2)10-15-17(22)20(18(25)26-15)11-16(21)19-7-3-4-8-19/h5-6,9-10H,3-4,7-8,11H2,1-2H3/b15-10-. The molecule has 26 heavy (non-hydrogen) atoms. The molecule has 2 heterocycles. The highest BCUT2D eigenvalue weighted by molar-refractivity contribution is 8.26. The molecule has 0 atom stereocenters. The molecule has 6 nitrogen and oxygen atoms in total. The number of ether oxygens (including phenoxy) is 2. The quantitative estimate of drug-likeness (QED) is 0.567. The molecule has 0 aliphatic carbocycles. The first-order valence-electron chi connectivity index (χ1n) is 8.28. The van der Waals surface area contributed by atoms with Gasteiger partial charge in [0.05, 0.1) is 19.1 Å². The average Bonchev–Trinajstić information content (AvgIpc) is 3.26. The smallest absolute Gasteiger partial charge is 0.266 e. The molecule has 0 unspecified atom stereocenters. The number of hydrogen-bond acceptors (Lipinski definition) is 6. The van der Waals surface area contributed by atoms with Gasteiger partial charge in [0.15, 0.2) is 11.5 Å². The van der Waals surface area contributed by atoms with Crippen LogP contribution in [0.4, 0.5) is 0 Å². The van der Waals surface area contributed by atoms with Crippen LogP contribution in [0.25, 0.3) is 6.08 Å². The van der Waals surface area contributed by atoms with Crippen molar-refractivity contribution in [3.63, 3.8) is 0 Å². The van der Waals surface area contributed by atoms with Gasteiger partial charge in [-0.25, -0.2) is 0 Å². The van der Waals surface area contributed by atoms with E-state index in [1.54, 1.807) is 37.3 Å². The van der Waals surface area contributed by atoms with Gasteiger partial charge >= 0.3 is 0 Å². The van der Waals surface area contributed by atoms with Crippen LogP contribution in [0.3, 0.4) is 0 Å². The lowest BCUT2D eigenvalue weighted by Gasteiger charge is -2.19. The van der Waals surface area contributed by atoms with Crippen molar-refractivity contribution in [3.8, 4) is 11.5 Å². The number of likely N-dealkylation sites (tertiary alicyclic amines) is 1. The normalized spacial score (nSPS) is 18.8. The molecule has 2 amide bonds. The molecule has 0 spiro atoms. The molecule has 0 bridgehead atoms. The van der Waals surface area contributed by atoms with Crippen molar-refractivity contribution in [3.05, 3.63) is 28.7 Å². The summed E-state index contributed by atoms with van der Waals surface area (Å²) in [6.45, 7) is 1.53. The third-order valence-electron chi connectivity index (χ3n) is 4.33. The number of rotatable bonds is 5. The Morgan fingerprint density at radius 3 is 2.58 bits per heavy atom. The van der Waals surface area contributed by atoms with Crippen LogP contribution in [0.5, 0.6) is 11.5 Å². The molecule has 2 aliphatic rings. The minimum atomic E-state index is -0.234. The van der Waals surface area contributed by atoms with Crippen molar-refractivity contribution in [2.24, 2.45) is 0 Å². The molecule has 0 radical (unpaired) electrons. The van der Waals surface area contributed by atoms with E-state index < -0.39 is 0 Å². The first-order valence-corrected chi connectivity index (χ1v) is 9.51. The number of thioether (sulfide) groups is 1. The Labute approximate surface area is 162 Å². The minimum Gasteiger partial charge on any atom is -0.493 e. The van der Waals surface area contributed by atoms with Crippen molar-refractivity contribution in [1.29, 1.82) is 0 Å². The molecular weight excluding hydrogens is 372 g/mol. The van der Waals surface area contributed by atoms with Gasteiger partial charge in [-0.05, 0) is 36.6 Å². The summed E-state index contributed by atoms with van der Waals surface area (Å²) in [7, 11) is 3.13. The number of benzene rings is 1. The van der Waals surface area contributed by atoms with Crippen LogP contribution in [0.2, 0.25) is 0 Å². The van der Waals surface area contributed by atoms with Gasteiger partial charge in [0.2, 0.25) is 5.91 Å². The predicted molar refractivity (Wildman–Crippen MR) is 105 cm³/mol. The van der Waals surface area contributed by atoms with Gasteiger partial charge in [-0.1, -0.05) is 30.0 Å². The number of methoxy groups -OCH3 is 2. The molecule has 0 saturated carbocycles. The number of amides is 2. The zero-order valence-corrected chi connectivity index (χ0v) is 16.3. The van der Waals surface area contributed by atoms with E-state index in [-0.39, 0.29) is 18.4 Å².